The molecule has 2 aromatic carbocycles. The Hall–Kier alpha value is -2.80. The van der Waals surface area contributed by atoms with Crippen LogP contribution in [0.15, 0.2) is 47.8 Å². The van der Waals surface area contributed by atoms with Crippen LogP contribution in [0.3, 0.4) is 0 Å². The first-order valence-electron chi connectivity index (χ1n) is 10.0. The number of carbonyl (C=O) groups is 2. The molecule has 1 amide bonds. The highest BCUT2D eigenvalue weighted by Gasteiger charge is 2.32. The first kappa shape index (κ1) is 20.5. The predicted octanol–water partition coefficient (Wildman–Crippen LogP) is 4.28. The lowest BCUT2D eigenvalue weighted by molar-refractivity contribution is -0.138. The van der Waals surface area contributed by atoms with Crippen molar-refractivity contribution in [1.29, 1.82) is 0 Å². The molecule has 0 atom stereocenters. The Kier molecular flexibility index (Phi) is 5.32. The summed E-state index contributed by atoms with van der Waals surface area (Å²) >= 11 is 1.33. The smallest absolute Gasteiger partial charge is 0.322 e. The molecule has 0 aliphatic heterocycles. The zero-order chi connectivity index (χ0) is 21.5. The number of carboxylic acid groups (broad SMARTS) is 1. The van der Waals surface area contributed by atoms with Gasteiger partial charge in [0.2, 0.25) is 5.91 Å². The molecular weight excluding hydrogens is 398 g/mol. The Morgan fingerprint density at radius 3 is 2.57 bits per heavy atom. The minimum atomic E-state index is -1.07. The summed E-state index contributed by atoms with van der Waals surface area (Å²) in [4.78, 5) is 27.9. The number of carbonyl (C=O) groups excluding carboxylic acids is 1. The van der Waals surface area contributed by atoms with Gasteiger partial charge in [-0.2, -0.15) is 0 Å². The normalized spacial score (nSPS) is 14.1. The molecule has 1 aromatic heterocycles. The number of carboxylic acids is 1. The molecular formula is C23H25N3O3S. The maximum Gasteiger partial charge on any atom is 0.322 e. The zero-order valence-corrected chi connectivity index (χ0v) is 18.1. The van der Waals surface area contributed by atoms with Crippen molar-refractivity contribution in [1.82, 2.24) is 14.9 Å². The maximum absolute atomic E-state index is 12.5. The highest BCUT2D eigenvalue weighted by atomic mass is 32.2. The van der Waals surface area contributed by atoms with E-state index in [1.807, 2.05) is 13.0 Å². The number of benzene rings is 2. The number of rotatable bonds is 7. The van der Waals surface area contributed by atoms with Gasteiger partial charge in [-0.25, -0.2) is 4.98 Å². The van der Waals surface area contributed by atoms with Crippen molar-refractivity contribution >= 4 is 34.4 Å². The number of fused-ring (bicyclic) bond motifs is 1. The van der Waals surface area contributed by atoms with Gasteiger partial charge in [-0.05, 0) is 56.5 Å². The largest absolute Gasteiger partial charge is 0.480 e. The molecule has 1 aliphatic carbocycles. The lowest BCUT2D eigenvalue weighted by atomic mass is 9.99. The zero-order valence-electron chi connectivity index (χ0n) is 17.3. The molecule has 4 rings (SSSR count). The number of imidazole rings is 1. The van der Waals surface area contributed by atoms with E-state index >= 15 is 0 Å². The Morgan fingerprint density at radius 1 is 1.20 bits per heavy atom. The number of hydrogen-bond donors (Lipinski definition) is 2. The molecule has 1 heterocycles. The van der Waals surface area contributed by atoms with E-state index in [0.29, 0.717) is 11.1 Å². The summed E-state index contributed by atoms with van der Waals surface area (Å²) in [7, 11) is 0. The van der Waals surface area contributed by atoms with Gasteiger partial charge in [0.25, 0.3) is 0 Å². The Labute approximate surface area is 179 Å². The first-order chi connectivity index (χ1) is 14.3. The van der Waals surface area contributed by atoms with Crippen LogP contribution in [0.5, 0.6) is 0 Å². The highest BCUT2D eigenvalue weighted by Crippen LogP contribution is 2.44. The van der Waals surface area contributed by atoms with Gasteiger partial charge in [0.05, 0.1) is 10.4 Å². The summed E-state index contributed by atoms with van der Waals surface area (Å²) in [6, 6.07) is 12.8. The molecule has 30 heavy (non-hydrogen) atoms. The molecule has 3 aromatic rings. The summed E-state index contributed by atoms with van der Waals surface area (Å²) in [6.07, 6.45) is 4.29. The molecule has 6 nitrogen and oxygen atoms in total. The number of aryl methyl sites for hydroxylation is 1. The van der Waals surface area contributed by atoms with Crippen molar-refractivity contribution in [2.24, 2.45) is 0 Å². The fourth-order valence-corrected chi connectivity index (χ4v) is 4.74. The second-order valence-corrected chi connectivity index (χ2v) is 9.79. The van der Waals surface area contributed by atoms with Crippen molar-refractivity contribution in [3.8, 4) is 5.69 Å². The van der Waals surface area contributed by atoms with E-state index < -0.39 is 17.3 Å². The van der Waals surface area contributed by atoms with Crippen LogP contribution in [0, 0.1) is 6.92 Å². The minimum Gasteiger partial charge on any atom is -0.480 e. The number of amides is 1. The third kappa shape index (κ3) is 3.94. The Balaban J connectivity index is 1.72. The van der Waals surface area contributed by atoms with Gasteiger partial charge in [-0.1, -0.05) is 42.1 Å². The second kappa shape index (κ2) is 7.80. The van der Waals surface area contributed by atoms with Crippen LogP contribution in [0.25, 0.3) is 16.5 Å². The second-order valence-electron chi connectivity index (χ2n) is 8.20. The van der Waals surface area contributed by atoms with E-state index in [9.17, 15) is 9.59 Å². The van der Waals surface area contributed by atoms with Crippen molar-refractivity contribution in [3.05, 3.63) is 53.9 Å². The minimum absolute atomic E-state index is 0.337. The number of thioether (sulfide) groups is 1. The molecule has 156 valence electrons. The fraction of sp³-hybridized carbons (Fsp3) is 0.348. The standard InChI is InChI=1S/C23H25N3O3S/c1-14-12-25-22(30-23(2,3)21(29)24-13-20(27)28)26(14)19-11-10-16(15-8-9-15)17-6-4-5-7-18(17)19/h4-7,10-12,15H,8-9,13H2,1-3H3,(H,24,29)(H,27,28). The van der Waals surface area contributed by atoms with Crippen LogP contribution in [-0.4, -0.2) is 37.8 Å². The first-order valence-corrected chi connectivity index (χ1v) is 10.8. The summed E-state index contributed by atoms with van der Waals surface area (Å²) in [6.45, 7) is 5.15. The van der Waals surface area contributed by atoms with Crippen LogP contribution in [0.2, 0.25) is 0 Å². The van der Waals surface area contributed by atoms with Crippen molar-refractivity contribution in [2.75, 3.05) is 6.54 Å². The van der Waals surface area contributed by atoms with Gasteiger partial charge < -0.3 is 10.4 Å². The van der Waals surface area contributed by atoms with Gasteiger partial charge in [-0.15, -0.1) is 0 Å². The number of hydrogen-bond acceptors (Lipinski definition) is 4. The third-order valence-corrected chi connectivity index (χ3v) is 6.56. The molecule has 0 spiro atoms. The number of aromatic nitrogens is 2. The van der Waals surface area contributed by atoms with Crippen LogP contribution in [-0.2, 0) is 9.59 Å². The molecule has 2 N–H and O–H groups in total. The average Bonchev–Trinajstić information content (AvgIpc) is 3.49. The SMILES string of the molecule is Cc1cnc(SC(C)(C)C(=O)NCC(=O)O)n1-c1ccc(C2CC2)c2ccccc12. The van der Waals surface area contributed by atoms with Crippen molar-refractivity contribution in [2.45, 2.75) is 49.4 Å². The van der Waals surface area contributed by atoms with E-state index in [2.05, 4.69) is 45.2 Å². The van der Waals surface area contributed by atoms with E-state index in [1.165, 1.54) is 35.6 Å². The van der Waals surface area contributed by atoms with E-state index in [-0.39, 0.29) is 5.91 Å². The Morgan fingerprint density at radius 2 is 1.90 bits per heavy atom. The lowest BCUT2D eigenvalue weighted by Crippen LogP contribution is -2.42. The highest BCUT2D eigenvalue weighted by molar-refractivity contribution is 8.01. The summed E-state index contributed by atoms with van der Waals surface area (Å²) < 4.78 is 1.20. The molecule has 0 unspecified atom stereocenters. The van der Waals surface area contributed by atoms with Crippen LogP contribution >= 0.6 is 11.8 Å². The average molecular weight is 424 g/mol. The van der Waals surface area contributed by atoms with Crippen LogP contribution in [0.1, 0.15) is 43.9 Å². The van der Waals surface area contributed by atoms with Gasteiger partial charge >= 0.3 is 5.97 Å². The molecule has 7 heteroatoms. The summed E-state index contributed by atoms with van der Waals surface area (Å²) in [5.41, 5.74) is 3.41. The topological polar surface area (TPSA) is 84.2 Å². The van der Waals surface area contributed by atoms with E-state index in [0.717, 1.165) is 16.8 Å². The maximum atomic E-state index is 12.5. The summed E-state index contributed by atoms with van der Waals surface area (Å²) in [5, 5.41) is 14.4. The molecule has 1 aliphatic rings. The van der Waals surface area contributed by atoms with Gasteiger partial charge in [0.1, 0.15) is 6.54 Å². The van der Waals surface area contributed by atoms with Gasteiger partial charge in [-0.3, -0.25) is 14.2 Å². The molecule has 0 radical (unpaired) electrons. The van der Waals surface area contributed by atoms with Crippen LogP contribution in [0.4, 0.5) is 0 Å². The molecule has 0 bridgehead atoms. The molecule has 0 saturated heterocycles. The molecule has 1 fully saturated rings. The van der Waals surface area contributed by atoms with Crippen molar-refractivity contribution in [3.63, 3.8) is 0 Å². The monoisotopic (exact) mass is 423 g/mol. The van der Waals surface area contributed by atoms with Crippen LogP contribution < -0.4 is 5.32 Å². The van der Waals surface area contributed by atoms with E-state index in [1.54, 1.807) is 20.0 Å². The summed E-state index contributed by atoms with van der Waals surface area (Å²) in [5.74, 6) is -0.752. The lowest BCUT2D eigenvalue weighted by Gasteiger charge is -2.23. The fourth-order valence-electron chi connectivity index (χ4n) is 3.68. The van der Waals surface area contributed by atoms with E-state index in [4.69, 9.17) is 5.11 Å². The van der Waals surface area contributed by atoms with Crippen molar-refractivity contribution < 1.29 is 14.7 Å². The van der Waals surface area contributed by atoms with Gasteiger partial charge in [0.15, 0.2) is 5.16 Å². The quantitative estimate of drug-likeness (QED) is 0.554. The molecule has 1 saturated carbocycles. The number of aliphatic carboxylic acids is 1. The Bertz CT molecular complexity index is 1130. The third-order valence-electron chi connectivity index (χ3n) is 5.39. The number of nitrogens with zero attached hydrogens (tertiary/aromatic N) is 2. The van der Waals surface area contributed by atoms with Gasteiger partial charge in [0, 0.05) is 17.3 Å². The number of nitrogens with one attached hydrogen (secondary N) is 1. The predicted molar refractivity (Wildman–Crippen MR) is 118 cm³/mol.